The number of aryl methyl sites for hydroxylation is 1. The van der Waals surface area contributed by atoms with Gasteiger partial charge in [0.05, 0.1) is 7.11 Å². The van der Waals surface area contributed by atoms with Crippen molar-refractivity contribution in [2.45, 2.75) is 13.3 Å². The molecule has 24 heavy (non-hydrogen) atoms. The van der Waals surface area contributed by atoms with Gasteiger partial charge in [-0.05, 0) is 47.9 Å². The molecule has 1 aliphatic rings. The van der Waals surface area contributed by atoms with Gasteiger partial charge in [-0.25, -0.2) is 4.99 Å². The average molecular weight is 341 g/mol. The van der Waals surface area contributed by atoms with Crippen LogP contribution in [0, 0.1) is 0 Å². The Labute approximate surface area is 145 Å². The lowest BCUT2D eigenvalue weighted by atomic mass is 10.1. The molecule has 0 saturated carbocycles. The summed E-state index contributed by atoms with van der Waals surface area (Å²) in [6.45, 7) is 2.06. The van der Waals surface area contributed by atoms with E-state index in [0.717, 1.165) is 28.9 Å². The lowest BCUT2D eigenvalue weighted by Gasteiger charge is -2.07. The van der Waals surface area contributed by atoms with E-state index < -0.39 is 0 Å². The number of hydrogen-bond acceptors (Lipinski definition) is 3. The van der Waals surface area contributed by atoms with E-state index in [0.29, 0.717) is 16.6 Å². The van der Waals surface area contributed by atoms with Gasteiger partial charge in [0.25, 0.3) is 5.91 Å². The van der Waals surface area contributed by atoms with Crippen LogP contribution < -0.4 is 10.1 Å². The molecule has 0 spiro atoms. The highest BCUT2D eigenvalue weighted by Crippen LogP contribution is 2.23. The van der Waals surface area contributed by atoms with E-state index in [2.05, 4.69) is 17.2 Å². The number of methoxy groups -OCH3 is 1. The molecule has 1 heterocycles. The molecule has 1 N–H and O–H groups in total. The predicted octanol–water partition coefficient (Wildman–Crippen LogP) is 3.83. The van der Waals surface area contributed by atoms with Crippen LogP contribution in [-0.4, -0.2) is 18.9 Å². The third kappa shape index (κ3) is 3.34. The lowest BCUT2D eigenvalue weighted by Crippen LogP contribution is -2.24. The highest BCUT2D eigenvalue weighted by Gasteiger charge is 2.21. The number of rotatable bonds is 4. The third-order valence-corrected chi connectivity index (χ3v) is 4.02. The molecule has 0 fully saturated rings. The molecule has 0 atom stereocenters. The minimum absolute atomic E-state index is 0.223. The zero-order valence-electron chi connectivity index (χ0n) is 13.5. The quantitative estimate of drug-likeness (QED) is 0.860. The number of aliphatic imine (C=N–C) groups is 1. The number of nitrogens with one attached hydrogen (secondary N) is 1. The fourth-order valence-electron chi connectivity index (χ4n) is 2.56. The summed E-state index contributed by atoms with van der Waals surface area (Å²) in [5.41, 5.74) is 3.15. The Morgan fingerprint density at radius 2 is 2.08 bits per heavy atom. The molecule has 0 aliphatic carbocycles. The van der Waals surface area contributed by atoms with Crippen molar-refractivity contribution >= 4 is 29.4 Å². The maximum atomic E-state index is 12.2. The van der Waals surface area contributed by atoms with Crippen LogP contribution in [0.1, 0.15) is 23.6 Å². The van der Waals surface area contributed by atoms with E-state index in [4.69, 9.17) is 16.3 Å². The monoisotopic (exact) mass is 340 g/mol. The first kappa shape index (κ1) is 16.3. The maximum absolute atomic E-state index is 12.2. The van der Waals surface area contributed by atoms with Gasteiger partial charge in [0.15, 0.2) is 0 Å². The van der Waals surface area contributed by atoms with E-state index in [9.17, 15) is 4.79 Å². The van der Waals surface area contributed by atoms with Crippen LogP contribution in [0.5, 0.6) is 5.75 Å². The number of benzene rings is 2. The summed E-state index contributed by atoms with van der Waals surface area (Å²) in [4.78, 5) is 16.6. The first-order valence-electron chi connectivity index (χ1n) is 7.65. The van der Waals surface area contributed by atoms with Crippen LogP contribution in [0.15, 0.2) is 53.2 Å². The molecule has 0 unspecified atom stereocenters. The zero-order chi connectivity index (χ0) is 17.1. The van der Waals surface area contributed by atoms with Crippen LogP contribution in [0.2, 0.25) is 5.02 Å². The molecule has 5 heteroatoms. The number of nitrogens with zero attached hydrogens (tertiary/aromatic N) is 1. The Hall–Kier alpha value is -2.59. The van der Waals surface area contributed by atoms with Crippen molar-refractivity contribution in [1.29, 1.82) is 0 Å². The van der Waals surface area contributed by atoms with Crippen molar-refractivity contribution in [1.82, 2.24) is 5.32 Å². The molecule has 122 valence electrons. The molecule has 4 nitrogen and oxygen atoms in total. The van der Waals surface area contributed by atoms with Gasteiger partial charge >= 0.3 is 0 Å². The molecule has 1 aliphatic heterocycles. The smallest absolute Gasteiger partial charge is 0.275 e. The Balaban J connectivity index is 1.94. The number of amidine groups is 1. The number of amides is 1. The standard InChI is InChI=1S/C19H17ClN2O2/c1-3-13-9-12(7-8-17(13)24-2)10-16-19(23)22-18(21-16)14-5-4-6-15(20)11-14/h4-11H,3H2,1-2H3,(H,21,22,23)/b16-10+. The van der Waals surface area contributed by atoms with E-state index in [1.165, 1.54) is 0 Å². The second-order valence-corrected chi connectivity index (χ2v) is 5.82. The summed E-state index contributed by atoms with van der Waals surface area (Å²) in [7, 11) is 1.65. The number of ether oxygens (including phenoxy) is 1. The van der Waals surface area contributed by atoms with Gasteiger partial charge in [-0.2, -0.15) is 0 Å². The molecule has 3 rings (SSSR count). The number of carbonyl (C=O) groups excluding carboxylic acids is 1. The summed E-state index contributed by atoms with van der Waals surface area (Å²) >= 11 is 5.99. The van der Waals surface area contributed by atoms with Crippen LogP contribution in [0.25, 0.3) is 6.08 Å². The molecular formula is C19H17ClN2O2. The van der Waals surface area contributed by atoms with E-state index in [-0.39, 0.29) is 5.91 Å². The van der Waals surface area contributed by atoms with Gasteiger partial charge in [-0.15, -0.1) is 0 Å². The first-order chi connectivity index (χ1) is 11.6. The molecule has 0 bridgehead atoms. The Bertz CT molecular complexity index is 856. The highest BCUT2D eigenvalue weighted by molar-refractivity contribution is 6.31. The highest BCUT2D eigenvalue weighted by atomic mass is 35.5. The minimum Gasteiger partial charge on any atom is -0.496 e. The Morgan fingerprint density at radius 1 is 1.25 bits per heavy atom. The van der Waals surface area contributed by atoms with Crippen LogP contribution in [0.4, 0.5) is 0 Å². The average Bonchev–Trinajstić information content (AvgIpc) is 2.95. The van der Waals surface area contributed by atoms with Gasteiger partial charge in [-0.1, -0.05) is 36.7 Å². The fourth-order valence-corrected chi connectivity index (χ4v) is 2.75. The normalized spacial score (nSPS) is 15.4. The SMILES string of the molecule is CCc1cc(/C=C2/N=C(c3cccc(Cl)c3)NC2=O)ccc1OC. The van der Waals surface area contributed by atoms with Crippen molar-refractivity contribution in [3.05, 3.63) is 69.9 Å². The number of halogens is 1. The van der Waals surface area contributed by atoms with Crippen molar-refractivity contribution < 1.29 is 9.53 Å². The lowest BCUT2D eigenvalue weighted by molar-refractivity contribution is -0.115. The summed E-state index contributed by atoms with van der Waals surface area (Å²) in [6.07, 6.45) is 2.62. The van der Waals surface area contributed by atoms with Gasteiger partial charge in [0, 0.05) is 10.6 Å². The summed E-state index contributed by atoms with van der Waals surface area (Å²) in [5, 5.41) is 3.38. The van der Waals surface area contributed by atoms with E-state index in [1.807, 2.05) is 30.3 Å². The second-order valence-electron chi connectivity index (χ2n) is 5.38. The van der Waals surface area contributed by atoms with Gasteiger partial charge in [-0.3, -0.25) is 4.79 Å². The summed E-state index contributed by atoms with van der Waals surface area (Å²) < 4.78 is 5.33. The van der Waals surface area contributed by atoms with Crippen molar-refractivity contribution in [2.24, 2.45) is 4.99 Å². The molecule has 1 amide bonds. The third-order valence-electron chi connectivity index (χ3n) is 3.78. The van der Waals surface area contributed by atoms with Crippen LogP contribution in [-0.2, 0) is 11.2 Å². The number of hydrogen-bond donors (Lipinski definition) is 1. The van der Waals surface area contributed by atoms with Crippen LogP contribution in [0.3, 0.4) is 0 Å². The van der Waals surface area contributed by atoms with Gasteiger partial charge in [0.2, 0.25) is 0 Å². The predicted molar refractivity (Wildman–Crippen MR) is 96.5 cm³/mol. The van der Waals surface area contributed by atoms with E-state index >= 15 is 0 Å². The topological polar surface area (TPSA) is 50.7 Å². The number of carbonyl (C=O) groups is 1. The Kier molecular flexibility index (Phi) is 4.67. The molecular weight excluding hydrogens is 324 g/mol. The molecule has 0 radical (unpaired) electrons. The molecule has 2 aromatic carbocycles. The minimum atomic E-state index is -0.223. The first-order valence-corrected chi connectivity index (χ1v) is 8.03. The van der Waals surface area contributed by atoms with Gasteiger partial charge < -0.3 is 10.1 Å². The fraction of sp³-hybridized carbons (Fsp3) is 0.158. The van der Waals surface area contributed by atoms with Crippen molar-refractivity contribution in [3.8, 4) is 5.75 Å². The molecule has 2 aromatic rings. The van der Waals surface area contributed by atoms with E-state index in [1.54, 1.807) is 25.3 Å². The maximum Gasteiger partial charge on any atom is 0.275 e. The van der Waals surface area contributed by atoms with Crippen LogP contribution >= 0.6 is 11.6 Å². The van der Waals surface area contributed by atoms with Gasteiger partial charge in [0.1, 0.15) is 17.3 Å². The van der Waals surface area contributed by atoms with Crippen molar-refractivity contribution in [3.63, 3.8) is 0 Å². The second kappa shape index (κ2) is 6.89. The summed E-state index contributed by atoms with van der Waals surface area (Å²) in [6, 6.07) is 13.0. The molecule has 0 aromatic heterocycles. The van der Waals surface area contributed by atoms with Crippen molar-refractivity contribution in [2.75, 3.05) is 7.11 Å². The molecule has 0 saturated heterocycles. The Morgan fingerprint density at radius 3 is 2.79 bits per heavy atom. The zero-order valence-corrected chi connectivity index (χ0v) is 14.2. The largest absolute Gasteiger partial charge is 0.496 e. The summed E-state index contributed by atoms with van der Waals surface area (Å²) in [5.74, 6) is 1.13.